The van der Waals surface area contributed by atoms with E-state index in [0.29, 0.717) is 28.7 Å². The van der Waals surface area contributed by atoms with E-state index in [1.54, 1.807) is 0 Å². The van der Waals surface area contributed by atoms with Crippen molar-refractivity contribution in [2.24, 2.45) is 28.1 Å². The smallest absolute Gasteiger partial charge is 0.227 e. The first kappa shape index (κ1) is 28.0. The molecule has 6 rings (SSSR count). The van der Waals surface area contributed by atoms with Gasteiger partial charge in [0.05, 0.1) is 0 Å². The molecule has 2 aromatic rings. The van der Waals surface area contributed by atoms with Crippen LogP contribution in [-0.2, 0) is 10.2 Å². The number of piperidine rings is 1. The van der Waals surface area contributed by atoms with Crippen molar-refractivity contribution >= 4 is 5.91 Å². The maximum Gasteiger partial charge on any atom is 0.227 e. The molecule has 40 heavy (non-hydrogen) atoms. The van der Waals surface area contributed by atoms with Crippen molar-refractivity contribution in [3.8, 4) is 0 Å². The average molecular weight is 545 g/mol. The zero-order valence-electron chi connectivity index (χ0n) is 26.2. The van der Waals surface area contributed by atoms with Gasteiger partial charge >= 0.3 is 0 Å². The molecule has 2 heterocycles. The molecule has 0 radical (unpaired) electrons. The maximum absolute atomic E-state index is 13.1. The molecule has 218 valence electrons. The minimum absolute atomic E-state index is 0.197. The Kier molecular flexibility index (Phi) is 6.78. The monoisotopic (exact) mass is 544 g/mol. The lowest BCUT2D eigenvalue weighted by atomic mass is 9.62. The number of rotatable bonds is 6. The zero-order chi connectivity index (χ0) is 28.5. The second-order valence-electron chi connectivity index (χ2n) is 15.7. The molecule has 2 bridgehead atoms. The fourth-order valence-electron chi connectivity index (χ4n) is 9.94. The molecular formula is C35H52N4O. The molecule has 4 aliphatic rings. The Morgan fingerprint density at radius 2 is 1.75 bits per heavy atom. The lowest BCUT2D eigenvalue weighted by Crippen LogP contribution is -2.48. The molecule has 1 aliphatic heterocycles. The highest BCUT2D eigenvalue weighted by Crippen LogP contribution is 2.80. The molecule has 3 saturated carbocycles. The van der Waals surface area contributed by atoms with E-state index < -0.39 is 0 Å². The molecule has 1 amide bonds. The highest BCUT2D eigenvalue weighted by molar-refractivity contribution is 5.81. The van der Waals surface area contributed by atoms with Crippen LogP contribution >= 0.6 is 0 Å². The maximum atomic E-state index is 13.1. The summed E-state index contributed by atoms with van der Waals surface area (Å²) in [5.41, 5.74) is 2.36. The van der Waals surface area contributed by atoms with Crippen LogP contribution in [0.15, 0.2) is 30.3 Å². The fraction of sp³-hybridized carbons (Fsp3) is 0.743. The number of hydrogen-bond donors (Lipinski definition) is 0. The van der Waals surface area contributed by atoms with Crippen molar-refractivity contribution in [1.82, 2.24) is 19.7 Å². The number of carbonyl (C=O) groups is 1. The molecule has 0 N–H and O–H groups in total. The second kappa shape index (κ2) is 9.70. The fourth-order valence-corrected chi connectivity index (χ4v) is 9.94. The first-order chi connectivity index (χ1) is 18.9. The molecule has 5 atom stereocenters. The zero-order valence-corrected chi connectivity index (χ0v) is 26.2. The van der Waals surface area contributed by atoms with E-state index in [1.807, 2.05) is 0 Å². The number of likely N-dealkylation sites (tertiary alicyclic amines) is 1. The average Bonchev–Trinajstić information content (AvgIpc) is 3.49. The summed E-state index contributed by atoms with van der Waals surface area (Å²) < 4.78 is 2.52. The van der Waals surface area contributed by atoms with Crippen molar-refractivity contribution < 1.29 is 4.79 Å². The number of aromatic nitrogens is 3. The van der Waals surface area contributed by atoms with Crippen LogP contribution in [0, 0.1) is 35.0 Å². The van der Waals surface area contributed by atoms with E-state index in [1.165, 1.54) is 56.3 Å². The molecule has 5 heteroatoms. The number of aryl methyl sites for hydroxylation is 1. The molecule has 1 aromatic carbocycles. The van der Waals surface area contributed by atoms with Gasteiger partial charge in [-0.1, -0.05) is 71.9 Å². The summed E-state index contributed by atoms with van der Waals surface area (Å²) in [5.74, 6) is 4.68. The van der Waals surface area contributed by atoms with Gasteiger partial charge in [0, 0.05) is 30.5 Å². The van der Waals surface area contributed by atoms with E-state index in [2.05, 4.69) is 98.5 Å². The number of carbonyl (C=O) groups excluding carboxylic acids is 1. The summed E-state index contributed by atoms with van der Waals surface area (Å²) in [6.45, 7) is 17.2. The Morgan fingerprint density at radius 3 is 2.38 bits per heavy atom. The molecule has 4 fully saturated rings. The van der Waals surface area contributed by atoms with Crippen LogP contribution in [-0.4, -0.2) is 38.7 Å². The molecule has 3 aliphatic carbocycles. The Bertz CT molecular complexity index is 1230. The molecule has 1 aromatic heterocycles. The van der Waals surface area contributed by atoms with Gasteiger partial charge in [0.15, 0.2) is 0 Å². The van der Waals surface area contributed by atoms with Gasteiger partial charge in [-0.05, 0) is 98.4 Å². The number of amides is 1. The summed E-state index contributed by atoms with van der Waals surface area (Å²) in [6, 6.07) is 11.8. The quantitative estimate of drug-likeness (QED) is 0.372. The van der Waals surface area contributed by atoms with Crippen LogP contribution in [0.5, 0.6) is 0 Å². The highest BCUT2D eigenvalue weighted by Gasteiger charge is 2.72. The SMILES string of the molecule is Cc1nnc(C(C)C)n1C1CC2CCC(C)(C1)C21CC1CCC1(c2ccccc2)CCN(C(=O)C(C)(C)C)CC1. The second-order valence-corrected chi connectivity index (χ2v) is 15.7. The van der Waals surface area contributed by atoms with E-state index in [9.17, 15) is 4.79 Å². The van der Waals surface area contributed by atoms with Crippen molar-refractivity contribution in [1.29, 1.82) is 0 Å². The Balaban J connectivity index is 1.18. The minimum atomic E-state index is -0.304. The molecule has 1 spiro atoms. The third kappa shape index (κ3) is 4.36. The summed E-state index contributed by atoms with van der Waals surface area (Å²) in [5, 5.41) is 9.09. The lowest BCUT2D eigenvalue weighted by Gasteiger charge is -2.46. The van der Waals surface area contributed by atoms with Crippen LogP contribution in [0.1, 0.15) is 129 Å². The van der Waals surface area contributed by atoms with Gasteiger partial charge in [-0.25, -0.2) is 0 Å². The predicted molar refractivity (Wildman–Crippen MR) is 161 cm³/mol. The van der Waals surface area contributed by atoms with E-state index in [0.717, 1.165) is 43.6 Å². The van der Waals surface area contributed by atoms with Gasteiger partial charge in [-0.3, -0.25) is 4.79 Å². The van der Waals surface area contributed by atoms with Crippen LogP contribution in [0.3, 0.4) is 0 Å². The summed E-state index contributed by atoms with van der Waals surface area (Å²) in [4.78, 5) is 15.2. The Labute approximate surface area is 242 Å². The molecule has 5 unspecified atom stereocenters. The number of hydrogen-bond acceptors (Lipinski definition) is 3. The van der Waals surface area contributed by atoms with E-state index in [-0.39, 0.29) is 10.8 Å². The normalized spacial score (nSPS) is 33.1. The predicted octanol–water partition coefficient (Wildman–Crippen LogP) is 7.85. The minimum Gasteiger partial charge on any atom is -0.342 e. The molecular weight excluding hydrogens is 492 g/mol. The largest absolute Gasteiger partial charge is 0.342 e. The standard InChI is InChI=1S/C35H52N4O/c1-24(2)30-37-36-25(3)39(30)29-21-27-13-15-33(7,23-29)35(27)22-28(35)14-16-34(26-11-9-8-10-12-26)17-19-38(20-18-34)31(40)32(4,5)6/h8-12,24,27-29H,13-23H2,1-7H3. The Morgan fingerprint density at radius 1 is 1.05 bits per heavy atom. The highest BCUT2D eigenvalue weighted by atomic mass is 16.2. The first-order valence-electron chi connectivity index (χ1n) is 16.2. The van der Waals surface area contributed by atoms with E-state index in [4.69, 9.17) is 0 Å². The Hall–Kier alpha value is -2.17. The van der Waals surface area contributed by atoms with Crippen LogP contribution < -0.4 is 0 Å². The third-order valence-electron chi connectivity index (χ3n) is 12.1. The number of benzene rings is 1. The lowest BCUT2D eigenvalue weighted by molar-refractivity contribution is -0.141. The van der Waals surface area contributed by atoms with Gasteiger partial charge in [0.2, 0.25) is 5.91 Å². The van der Waals surface area contributed by atoms with Gasteiger partial charge in [-0.15, -0.1) is 10.2 Å². The van der Waals surface area contributed by atoms with Crippen molar-refractivity contribution in [3.63, 3.8) is 0 Å². The van der Waals surface area contributed by atoms with Crippen molar-refractivity contribution in [2.45, 2.75) is 124 Å². The molecule has 5 nitrogen and oxygen atoms in total. The summed E-state index contributed by atoms with van der Waals surface area (Å²) in [7, 11) is 0. The topological polar surface area (TPSA) is 51.0 Å². The number of nitrogens with zero attached hydrogens (tertiary/aromatic N) is 4. The summed E-state index contributed by atoms with van der Waals surface area (Å²) in [6.07, 6.45) is 11.6. The van der Waals surface area contributed by atoms with Gasteiger partial charge in [0.1, 0.15) is 11.6 Å². The van der Waals surface area contributed by atoms with Crippen LogP contribution in [0.25, 0.3) is 0 Å². The summed E-state index contributed by atoms with van der Waals surface area (Å²) >= 11 is 0. The van der Waals surface area contributed by atoms with Gasteiger partial charge in [0.25, 0.3) is 0 Å². The first-order valence-corrected chi connectivity index (χ1v) is 16.2. The van der Waals surface area contributed by atoms with Gasteiger partial charge < -0.3 is 9.47 Å². The van der Waals surface area contributed by atoms with Crippen LogP contribution in [0.2, 0.25) is 0 Å². The van der Waals surface area contributed by atoms with E-state index >= 15 is 0 Å². The van der Waals surface area contributed by atoms with Crippen LogP contribution in [0.4, 0.5) is 0 Å². The van der Waals surface area contributed by atoms with Crippen molar-refractivity contribution in [2.75, 3.05) is 13.1 Å². The third-order valence-corrected chi connectivity index (χ3v) is 12.1. The van der Waals surface area contributed by atoms with Crippen molar-refractivity contribution in [3.05, 3.63) is 47.5 Å². The molecule has 1 saturated heterocycles. The van der Waals surface area contributed by atoms with Gasteiger partial charge in [-0.2, -0.15) is 0 Å².